The lowest BCUT2D eigenvalue weighted by Gasteiger charge is -2.22. The van der Waals surface area contributed by atoms with Gasteiger partial charge < -0.3 is 20.1 Å². The van der Waals surface area contributed by atoms with Gasteiger partial charge in [0.05, 0.1) is 11.5 Å². The molecule has 1 aromatic rings. The number of rotatable bonds is 7. The predicted octanol–water partition coefficient (Wildman–Crippen LogP) is -0.745. The van der Waals surface area contributed by atoms with E-state index >= 15 is 0 Å². The number of carbonyl (C=O) groups is 1. The van der Waals surface area contributed by atoms with Crippen molar-refractivity contribution >= 4 is 12.0 Å². The van der Waals surface area contributed by atoms with Crippen LogP contribution in [0.1, 0.15) is 0 Å². The molecule has 0 aliphatic heterocycles. The second kappa shape index (κ2) is 6.78. The molecule has 1 rings (SSSR count). The maximum atomic E-state index is 10.8. The molecule has 0 spiro atoms. The van der Waals surface area contributed by atoms with Crippen LogP contribution in [0.15, 0.2) is 24.3 Å². The molecular weight excluding hydrogens is 258 g/mol. The van der Waals surface area contributed by atoms with E-state index in [1.54, 1.807) is 0 Å². The van der Waals surface area contributed by atoms with Gasteiger partial charge in [-0.05, 0) is 12.1 Å². The van der Waals surface area contributed by atoms with E-state index in [1.807, 2.05) is 0 Å². The third-order valence-corrected chi connectivity index (χ3v) is 2.37. The summed E-state index contributed by atoms with van der Waals surface area (Å²) in [7, 11) is 0. The molecule has 0 saturated carbocycles. The van der Waals surface area contributed by atoms with Gasteiger partial charge in [0, 0.05) is 12.1 Å². The van der Waals surface area contributed by atoms with Crippen molar-refractivity contribution in [2.45, 2.75) is 18.3 Å². The number of nitro groups is 1. The standard InChI is InChI=1S/C11H13NO7/c13-5-9(15)11(16)10(6-14)19-8-3-1-7(2-4-8)12(17)18/h1-4,6,9-11,13,15-16H,5H2. The zero-order chi connectivity index (χ0) is 14.4. The minimum Gasteiger partial charge on any atom is -0.480 e. The molecule has 3 atom stereocenters. The molecule has 104 valence electrons. The highest BCUT2D eigenvalue weighted by Crippen LogP contribution is 2.19. The van der Waals surface area contributed by atoms with E-state index in [2.05, 4.69) is 0 Å². The Morgan fingerprint density at radius 3 is 2.32 bits per heavy atom. The van der Waals surface area contributed by atoms with Crippen molar-refractivity contribution in [3.05, 3.63) is 34.4 Å². The average molecular weight is 271 g/mol. The van der Waals surface area contributed by atoms with Gasteiger partial charge in [0.15, 0.2) is 12.4 Å². The maximum absolute atomic E-state index is 10.8. The number of carbonyl (C=O) groups excluding carboxylic acids is 1. The molecule has 0 saturated heterocycles. The van der Waals surface area contributed by atoms with Crippen LogP contribution in [0.25, 0.3) is 0 Å². The molecule has 0 heterocycles. The number of benzene rings is 1. The summed E-state index contributed by atoms with van der Waals surface area (Å²) in [5, 5.41) is 37.8. The Balaban J connectivity index is 2.75. The zero-order valence-electron chi connectivity index (χ0n) is 9.75. The molecule has 0 bridgehead atoms. The smallest absolute Gasteiger partial charge is 0.269 e. The highest BCUT2D eigenvalue weighted by Gasteiger charge is 2.27. The van der Waals surface area contributed by atoms with Gasteiger partial charge in [-0.2, -0.15) is 0 Å². The van der Waals surface area contributed by atoms with Gasteiger partial charge in [-0.25, -0.2) is 0 Å². The molecule has 19 heavy (non-hydrogen) atoms. The minimum atomic E-state index is -1.60. The van der Waals surface area contributed by atoms with E-state index in [4.69, 9.17) is 9.84 Å². The topological polar surface area (TPSA) is 130 Å². The van der Waals surface area contributed by atoms with E-state index < -0.39 is 29.8 Å². The number of ether oxygens (including phenoxy) is 1. The van der Waals surface area contributed by atoms with Gasteiger partial charge in [-0.1, -0.05) is 0 Å². The van der Waals surface area contributed by atoms with Crippen LogP contribution in [0.4, 0.5) is 5.69 Å². The van der Waals surface area contributed by atoms with Crippen LogP contribution in [0, 0.1) is 10.1 Å². The van der Waals surface area contributed by atoms with Crippen LogP contribution in [0.3, 0.4) is 0 Å². The summed E-state index contributed by atoms with van der Waals surface area (Å²) in [4.78, 5) is 20.6. The van der Waals surface area contributed by atoms with E-state index in [0.29, 0.717) is 0 Å². The molecule has 0 aliphatic carbocycles. The quantitative estimate of drug-likeness (QED) is 0.338. The van der Waals surface area contributed by atoms with Crippen LogP contribution in [0.5, 0.6) is 5.75 Å². The first-order chi connectivity index (χ1) is 8.99. The summed E-state index contributed by atoms with van der Waals surface area (Å²) in [6, 6.07) is 4.86. The largest absolute Gasteiger partial charge is 0.480 e. The SMILES string of the molecule is O=CC(Oc1ccc([N+](=O)[O-])cc1)C(O)C(O)CO. The fourth-order valence-electron chi connectivity index (χ4n) is 1.31. The number of aliphatic hydroxyl groups is 3. The lowest BCUT2D eigenvalue weighted by Crippen LogP contribution is -2.43. The van der Waals surface area contributed by atoms with Crippen molar-refractivity contribution in [2.75, 3.05) is 6.61 Å². The molecule has 0 radical (unpaired) electrons. The third kappa shape index (κ3) is 3.98. The summed E-state index contributed by atoms with van der Waals surface area (Å²) in [6.45, 7) is -0.727. The highest BCUT2D eigenvalue weighted by molar-refractivity contribution is 5.58. The predicted molar refractivity (Wildman–Crippen MR) is 62.7 cm³/mol. The fourth-order valence-corrected chi connectivity index (χ4v) is 1.31. The number of hydrogen-bond donors (Lipinski definition) is 3. The zero-order valence-corrected chi connectivity index (χ0v) is 9.75. The Kier molecular flexibility index (Phi) is 5.37. The van der Waals surface area contributed by atoms with Crippen LogP contribution < -0.4 is 4.74 Å². The molecular formula is C11H13NO7. The number of hydrogen-bond acceptors (Lipinski definition) is 7. The monoisotopic (exact) mass is 271 g/mol. The number of aldehydes is 1. The van der Waals surface area contributed by atoms with Crippen molar-refractivity contribution < 1.29 is 29.8 Å². The molecule has 0 fully saturated rings. The summed E-state index contributed by atoms with van der Waals surface area (Å²) in [5.41, 5.74) is -0.147. The number of aliphatic hydroxyl groups excluding tert-OH is 3. The van der Waals surface area contributed by atoms with Crippen molar-refractivity contribution in [3.63, 3.8) is 0 Å². The van der Waals surface area contributed by atoms with E-state index in [0.717, 1.165) is 0 Å². The van der Waals surface area contributed by atoms with Crippen molar-refractivity contribution in [1.82, 2.24) is 0 Å². The Morgan fingerprint density at radius 1 is 1.32 bits per heavy atom. The number of nitro benzene ring substituents is 1. The van der Waals surface area contributed by atoms with Crippen LogP contribution >= 0.6 is 0 Å². The van der Waals surface area contributed by atoms with Gasteiger partial charge in [0.25, 0.3) is 5.69 Å². The molecule has 0 aromatic heterocycles. The van der Waals surface area contributed by atoms with Crippen molar-refractivity contribution in [1.29, 1.82) is 0 Å². The van der Waals surface area contributed by atoms with Gasteiger partial charge >= 0.3 is 0 Å². The molecule has 3 N–H and O–H groups in total. The maximum Gasteiger partial charge on any atom is 0.269 e. The molecule has 0 amide bonds. The Labute approximate surface area is 108 Å². The Hall–Kier alpha value is -2.03. The van der Waals surface area contributed by atoms with Crippen molar-refractivity contribution in [2.24, 2.45) is 0 Å². The van der Waals surface area contributed by atoms with Gasteiger partial charge in [0.1, 0.15) is 18.0 Å². The average Bonchev–Trinajstić information content (AvgIpc) is 2.43. The molecule has 0 aliphatic rings. The van der Waals surface area contributed by atoms with Crippen LogP contribution in [-0.2, 0) is 4.79 Å². The van der Waals surface area contributed by atoms with Crippen LogP contribution in [0.2, 0.25) is 0 Å². The Morgan fingerprint density at radius 2 is 1.89 bits per heavy atom. The highest BCUT2D eigenvalue weighted by atomic mass is 16.6. The van der Waals surface area contributed by atoms with E-state index in [-0.39, 0.29) is 17.7 Å². The first kappa shape index (κ1) is 15.0. The van der Waals surface area contributed by atoms with Gasteiger partial charge in [-0.3, -0.25) is 14.9 Å². The first-order valence-corrected chi connectivity index (χ1v) is 5.33. The van der Waals surface area contributed by atoms with Gasteiger partial charge in [0.2, 0.25) is 0 Å². The molecule has 8 nitrogen and oxygen atoms in total. The Bertz CT molecular complexity index is 433. The third-order valence-electron chi connectivity index (χ3n) is 2.37. The summed E-state index contributed by atoms with van der Waals surface area (Å²) < 4.78 is 5.07. The summed E-state index contributed by atoms with van der Waals surface area (Å²) in [5.74, 6) is 0.117. The summed E-state index contributed by atoms with van der Waals surface area (Å²) in [6.07, 6.45) is -4.24. The molecule has 1 aromatic carbocycles. The number of nitrogens with zero attached hydrogens (tertiary/aromatic N) is 1. The minimum absolute atomic E-state index is 0.117. The lowest BCUT2D eigenvalue weighted by molar-refractivity contribution is -0.384. The number of non-ortho nitro benzene ring substituents is 1. The van der Waals surface area contributed by atoms with Crippen LogP contribution in [-0.4, -0.2) is 51.4 Å². The second-order valence-electron chi connectivity index (χ2n) is 3.71. The van der Waals surface area contributed by atoms with E-state index in [1.165, 1.54) is 24.3 Å². The molecule has 8 heteroatoms. The molecule has 3 unspecified atom stereocenters. The summed E-state index contributed by atoms with van der Waals surface area (Å²) >= 11 is 0. The van der Waals surface area contributed by atoms with Crippen molar-refractivity contribution in [3.8, 4) is 5.75 Å². The van der Waals surface area contributed by atoms with Gasteiger partial charge in [-0.15, -0.1) is 0 Å². The second-order valence-corrected chi connectivity index (χ2v) is 3.71. The van der Waals surface area contributed by atoms with E-state index in [9.17, 15) is 25.1 Å². The lowest BCUT2D eigenvalue weighted by atomic mass is 10.1. The fraction of sp³-hybridized carbons (Fsp3) is 0.364. The first-order valence-electron chi connectivity index (χ1n) is 5.33. The normalized spacial score (nSPS) is 15.3.